The van der Waals surface area contributed by atoms with Gasteiger partial charge in [-0.15, -0.1) is 0 Å². The van der Waals surface area contributed by atoms with E-state index in [1.807, 2.05) is 0 Å². The molecule has 0 aromatic heterocycles. The summed E-state index contributed by atoms with van der Waals surface area (Å²) in [6.07, 6.45) is 0. The summed E-state index contributed by atoms with van der Waals surface area (Å²) in [6, 6.07) is 0. The minimum Gasteiger partial charge on any atom is -0.481 e. The predicted molar refractivity (Wildman–Crippen MR) is 26.6 cm³/mol. The van der Waals surface area contributed by atoms with Gasteiger partial charge < -0.3 is 10.2 Å². The zero-order chi connectivity index (χ0) is 7.15. The summed E-state index contributed by atoms with van der Waals surface area (Å²) in [5, 5.41) is 14.8. The van der Waals surface area contributed by atoms with Crippen LogP contribution >= 0.6 is 0 Å². The van der Waals surface area contributed by atoms with Crippen molar-refractivity contribution in [2.45, 2.75) is 13.8 Å². The summed E-state index contributed by atoms with van der Waals surface area (Å²) in [7, 11) is 0. The first kappa shape index (κ1) is 16.0. The molecule has 0 spiro atoms. The van der Waals surface area contributed by atoms with E-state index in [-0.39, 0.29) is 32.7 Å². The van der Waals surface area contributed by atoms with E-state index in [2.05, 4.69) is 0 Å². The molecule has 0 saturated heterocycles. The molecule has 51 valence electrons. The van der Waals surface area contributed by atoms with Crippen LogP contribution in [0.2, 0.25) is 0 Å². The molecular formula is C4H8O4Y. The second-order valence-electron chi connectivity index (χ2n) is 1.04. The van der Waals surface area contributed by atoms with Crippen molar-refractivity contribution in [1.82, 2.24) is 0 Å². The first-order valence-corrected chi connectivity index (χ1v) is 1.86. The monoisotopic (exact) mass is 209 g/mol. The van der Waals surface area contributed by atoms with Crippen molar-refractivity contribution in [3.05, 3.63) is 0 Å². The fourth-order valence-electron chi connectivity index (χ4n) is 0. The van der Waals surface area contributed by atoms with E-state index in [1.54, 1.807) is 0 Å². The molecule has 0 fully saturated rings. The van der Waals surface area contributed by atoms with E-state index in [1.165, 1.54) is 0 Å². The van der Waals surface area contributed by atoms with Gasteiger partial charge in [0, 0.05) is 46.6 Å². The van der Waals surface area contributed by atoms with Crippen molar-refractivity contribution >= 4 is 11.9 Å². The number of carbonyl (C=O) groups is 2. The summed E-state index contributed by atoms with van der Waals surface area (Å²) < 4.78 is 0. The molecule has 9 heavy (non-hydrogen) atoms. The molecule has 1 radical (unpaired) electrons. The minimum absolute atomic E-state index is 0. The third kappa shape index (κ3) is 152000. The van der Waals surface area contributed by atoms with E-state index < -0.39 is 11.9 Å². The first-order valence-electron chi connectivity index (χ1n) is 1.86. The van der Waals surface area contributed by atoms with E-state index >= 15 is 0 Å². The van der Waals surface area contributed by atoms with Gasteiger partial charge in [0.25, 0.3) is 11.9 Å². The summed E-state index contributed by atoms with van der Waals surface area (Å²) >= 11 is 0. The average molecular weight is 209 g/mol. The van der Waals surface area contributed by atoms with Crippen molar-refractivity contribution in [2.24, 2.45) is 0 Å². The number of hydrogen-bond acceptors (Lipinski definition) is 2. The maximum absolute atomic E-state index is 9.00. The fourth-order valence-corrected chi connectivity index (χ4v) is 0. The topological polar surface area (TPSA) is 74.6 Å². The molecule has 0 aliphatic carbocycles. The third-order valence-corrected chi connectivity index (χ3v) is 0. The van der Waals surface area contributed by atoms with Crippen LogP contribution in [0.15, 0.2) is 0 Å². The van der Waals surface area contributed by atoms with Gasteiger partial charge in [-0.2, -0.15) is 0 Å². The number of hydrogen-bond donors (Lipinski definition) is 2. The Hall–Kier alpha value is 0.0439. The van der Waals surface area contributed by atoms with Crippen LogP contribution in [0.25, 0.3) is 0 Å². The Bertz CT molecular complexity index is 70.6. The largest absolute Gasteiger partial charge is 0.481 e. The van der Waals surface area contributed by atoms with Crippen LogP contribution in [0.5, 0.6) is 0 Å². The van der Waals surface area contributed by atoms with Gasteiger partial charge in [-0.3, -0.25) is 9.59 Å². The molecule has 0 unspecified atom stereocenters. The summed E-state index contributed by atoms with van der Waals surface area (Å²) in [6.45, 7) is 2.17. The van der Waals surface area contributed by atoms with Crippen LogP contribution < -0.4 is 0 Å². The Labute approximate surface area is 78.1 Å². The Morgan fingerprint density at radius 2 is 1.00 bits per heavy atom. The summed E-state index contributed by atoms with van der Waals surface area (Å²) in [5.74, 6) is -1.67. The normalized spacial score (nSPS) is 5.56. The van der Waals surface area contributed by atoms with Crippen LogP contribution in [-0.4, -0.2) is 22.2 Å². The third-order valence-electron chi connectivity index (χ3n) is 0. The standard InChI is InChI=1S/2C2H4O2.Y/c2*1-2(3)4;/h2*1H3,(H,3,4);. The Kier molecular flexibility index (Phi) is 19.4. The van der Waals surface area contributed by atoms with Crippen LogP contribution in [0.1, 0.15) is 13.8 Å². The molecule has 0 aliphatic rings. The second-order valence-corrected chi connectivity index (χ2v) is 1.04. The molecular weight excluding hydrogens is 201 g/mol. The van der Waals surface area contributed by atoms with Crippen LogP contribution in [0.3, 0.4) is 0 Å². The molecule has 0 rings (SSSR count). The van der Waals surface area contributed by atoms with Crippen molar-refractivity contribution in [2.75, 3.05) is 0 Å². The number of carboxylic acids is 2. The van der Waals surface area contributed by atoms with Gasteiger partial charge in [-0.1, -0.05) is 0 Å². The van der Waals surface area contributed by atoms with Gasteiger partial charge in [0.05, 0.1) is 0 Å². The average Bonchev–Trinajstić information content (AvgIpc) is 1.25. The predicted octanol–water partition coefficient (Wildman–Crippen LogP) is 0.179. The van der Waals surface area contributed by atoms with E-state index in [9.17, 15) is 0 Å². The molecule has 0 aliphatic heterocycles. The van der Waals surface area contributed by atoms with Gasteiger partial charge in [0.1, 0.15) is 0 Å². The molecule has 0 atom stereocenters. The van der Waals surface area contributed by atoms with Gasteiger partial charge in [-0.05, 0) is 0 Å². The van der Waals surface area contributed by atoms with Gasteiger partial charge in [-0.25, -0.2) is 0 Å². The number of carboxylic acid groups (broad SMARTS) is 2. The van der Waals surface area contributed by atoms with E-state index in [0.29, 0.717) is 0 Å². The quantitative estimate of drug-likeness (QED) is 0.596. The molecule has 5 heteroatoms. The second kappa shape index (κ2) is 10.9. The van der Waals surface area contributed by atoms with Crippen molar-refractivity contribution < 1.29 is 52.5 Å². The van der Waals surface area contributed by atoms with E-state index in [0.717, 1.165) is 13.8 Å². The molecule has 4 nitrogen and oxygen atoms in total. The van der Waals surface area contributed by atoms with Gasteiger partial charge >= 0.3 is 0 Å². The minimum atomic E-state index is -0.833. The van der Waals surface area contributed by atoms with Crippen LogP contribution in [-0.2, 0) is 42.3 Å². The molecule has 0 saturated carbocycles. The zero-order valence-electron chi connectivity index (χ0n) is 5.29. The molecule has 0 amide bonds. The van der Waals surface area contributed by atoms with Crippen LogP contribution in [0, 0.1) is 0 Å². The summed E-state index contributed by atoms with van der Waals surface area (Å²) in [4.78, 5) is 18.0. The molecule has 0 aromatic rings. The Morgan fingerprint density at radius 1 is 1.00 bits per heavy atom. The van der Waals surface area contributed by atoms with E-state index in [4.69, 9.17) is 19.8 Å². The number of rotatable bonds is 0. The number of aliphatic carboxylic acids is 2. The van der Waals surface area contributed by atoms with Gasteiger partial charge in [0.2, 0.25) is 0 Å². The van der Waals surface area contributed by atoms with Crippen molar-refractivity contribution in [1.29, 1.82) is 0 Å². The maximum atomic E-state index is 9.00. The zero-order valence-corrected chi connectivity index (χ0v) is 8.13. The SMILES string of the molecule is CC(=O)O.CC(=O)O.[Y]. The van der Waals surface area contributed by atoms with Crippen molar-refractivity contribution in [3.63, 3.8) is 0 Å². The molecule has 0 bridgehead atoms. The Balaban J connectivity index is -0.0000000720. The van der Waals surface area contributed by atoms with Gasteiger partial charge in [0.15, 0.2) is 0 Å². The van der Waals surface area contributed by atoms with Crippen molar-refractivity contribution in [3.8, 4) is 0 Å². The smallest absolute Gasteiger partial charge is 0.300 e. The molecule has 0 heterocycles. The van der Waals surface area contributed by atoms with Crippen LogP contribution in [0.4, 0.5) is 0 Å². The maximum Gasteiger partial charge on any atom is 0.300 e. The molecule has 2 N–H and O–H groups in total. The summed E-state index contributed by atoms with van der Waals surface area (Å²) in [5.41, 5.74) is 0. The first-order chi connectivity index (χ1) is 3.46. The fraction of sp³-hybridized carbons (Fsp3) is 0.500. The molecule has 0 aromatic carbocycles. The Morgan fingerprint density at radius 3 is 1.00 bits per heavy atom.